The third-order valence-electron chi connectivity index (χ3n) is 3.52. The molecule has 0 radical (unpaired) electrons. The molecule has 104 valence electrons. The predicted molar refractivity (Wildman–Crippen MR) is 76.3 cm³/mol. The van der Waals surface area contributed by atoms with Gasteiger partial charge in [-0.05, 0) is 60.2 Å². The second-order valence-corrected chi connectivity index (χ2v) is 6.09. The molecule has 0 spiro atoms. The van der Waals surface area contributed by atoms with Gasteiger partial charge in [0.25, 0.3) is 0 Å². The first-order valence-electron chi connectivity index (χ1n) is 6.44. The van der Waals surface area contributed by atoms with Crippen LogP contribution in [0.5, 0.6) is 0 Å². The first kappa shape index (κ1) is 16.8. The lowest BCUT2D eigenvalue weighted by atomic mass is 9.78. The van der Waals surface area contributed by atoms with Crippen molar-refractivity contribution in [1.29, 1.82) is 0 Å². The lowest BCUT2D eigenvalue weighted by Gasteiger charge is -2.43. The molecule has 0 aliphatic rings. The zero-order valence-electron chi connectivity index (χ0n) is 12.7. The van der Waals surface area contributed by atoms with E-state index in [1.807, 2.05) is 7.05 Å². The van der Waals surface area contributed by atoms with Crippen molar-refractivity contribution in [3.05, 3.63) is 0 Å². The first-order valence-corrected chi connectivity index (χ1v) is 6.44. The fourth-order valence-corrected chi connectivity index (χ4v) is 2.58. The van der Waals surface area contributed by atoms with Gasteiger partial charge in [-0.2, -0.15) is 0 Å². The van der Waals surface area contributed by atoms with Crippen molar-refractivity contribution in [3.63, 3.8) is 0 Å². The highest BCUT2D eigenvalue weighted by Crippen LogP contribution is 2.26. The molecule has 2 unspecified atom stereocenters. The van der Waals surface area contributed by atoms with Crippen LogP contribution in [0.15, 0.2) is 0 Å². The molecule has 17 heavy (non-hydrogen) atoms. The molecule has 0 bridgehead atoms. The molecule has 0 saturated carbocycles. The van der Waals surface area contributed by atoms with Crippen LogP contribution >= 0.6 is 0 Å². The van der Waals surface area contributed by atoms with Gasteiger partial charge in [-0.1, -0.05) is 13.8 Å². The third kappa shape index (κ3) is 5.34. The largest absolute Gasteiger partial charge is 0.330 e. The molecule has 0 aliphatic carbocycles. The number of hydrogen-bond donors (Lipinski definition) is 2. The molecule has 0 aromatic rings. The van der Waals surface area contributed by atoms with Crippen LogP contribution < -0.4 is 11.1 Å². The van der Waals surface area contributed by atoms with Gasteiger partial charge in [0.15, 0.2) is 0 Å². The topological polar surface area (TPSA) is 44.5 Å². The zero-order valence-corrected chi connectivity index (χ0v) is 12.7. The van der Waals surface area contributed by atoms with Crippen LogP contribution in [0.25, 0.3) is 0 Å². The van der Waals surface area contributed by atoms with Gasteiger partial charge in [-0.15, -0.1) is 0 Å². The van der Waals surface area contributed by atoms with Gasteiger partial charge in [-0.25, -0.2) is 0 Å². The van der Waals surface area contributed by atoms with E-state index < -0.39 is 0 Å². The molecule has 0 rings (SSSR count). The van der Waals surface area contributed by atoms with E-state index in [4.69, 9.17) is 5.73 Å². The predicted octanol–water partition coefficient (Wildman–Crippen LogP) is 0.441. The van der Waals surface area contributed by atoms with Crippen LogP contribution in [-0.4, -0.2) is 70.2 Å². The van der Waals surface area contributed by atoms with Crippen molar-refractivity contribution >= 4 is 0 Å². The summed E-state index contributed by atoms with van der Waals surface area (Å²) in [6, 6.07) is 0.906. The van der Waals surface area contributed by atoms with Gasteiger partial charge in [0.1, 0.15) is 0 Å². The Hall–Kier alpha value is -0.160. The standard InChI is InChI=1S/C13H32N4/c1-13(2,10-14)12(17(6)7)11(15-3)8-9-16(4)5/h11-12,15H,8-10,14H2,1-7H3. The Morgan fingerprint density at radius 3 is 2.00 bits per heavy atom. The second-order valence-electron chi connectivity index (χ2n) is 6.09. The summed E-state index contributed by atoms with van der Waals surface area (Å²) in [4.78, 5) is 4.52. The summed E-state index contributed by atoms with van der Waals surface area (Å²) in [7, 11) is 10.6. The van der Waals surface area contributed by atoms with Crippen LogP contribution in [-0.2, 0) is 0 Å². The van der Waals surface area contributed by atoms with Crippen molar-refractivity contribution in [2.45, 2.75) is 32.4 Å². The van der Waals surface area contributed by atoms with Gasteiger partial charge < -0.3 is 20.9 Å². The molecule has 0 aromatic heterocycles. The summed E-state index contributed by atoms with van der Waals surface area (Å²) in [5, 5.41) is 3.46. The van der Waals surface area contributed by atoms with E-state index in [1.54, 1.807) is 0 Å². The van der Waals surface area contributed by atoms with Gasteiger partial charge in [0.05, 0.1) is 0 Å². The Kier molecular flexibility index (Phi) is 7.24. The average Bonchev–Trinajstić information content (AvgIpc) is 2.22. The van der Waals surface area contributed by atoms with Crippen molar-refractivity contribution in [3.8, 4) is 0 Å². The zero-order chi connectivity index (χ0) is 13.6. The van der Waals surface area contributed by atoms with Crippen LogP contribution in [0.3, 0.4) is 0 Å². The van der Waals surface area contributed by atoms with Crippen LogP contribution in [0.4, 0.5) is 0 Å². The minimum absolute atomic E-state index is 0.115. The van der Waals surface area contributed by atoms with E-state index in [9.17, 15) is 0 Å². The smallest absolute Gasteiger partial charge is 0.0306 e. The maximum atomic E-state index is 5.93. The first-order chi connectivity index (χ1) is 7.76. The highest BCUT2D eigenvalue weighted by Gasteiger charge is 2.35. The van der Waals surface area contributed by atoms with E-state index in [-0.39, 0.29) is 5.41 Å². The van der Waals surface area contributed by atoms with E-state index in [1.165, 1.54) is 0 Å². The molecule has 0 aromatic carbocycles. The van der Waals surface area contributed by atoms with E-state index >= 15 is 0 Å². The van der Waals surface area contributed by atoms with Crippen molar-refractivity contribution in [2.24, 2.45) is 11.1 Å². The highest BCUT2D eigenvalue weighted by atomic mass is 15.2. The van der Waals surface area contributed by atoms with Gasteiger partial charge >= 0.3 is 0 Å². The SMILES string of the molecule is CNC(CCN(C)C)C(N(C)C)C(C)(C)CN. The number of hydrogen-bond acceptors (Lipinski definition) is 4. The summed E-state index contributed by atoms with van der Waals surface area (Å²) in [6.07, 6.45) is 1.13. The van der Waals surface area contributed by atoms with Crippen molar-refractivity contribution in [2.75, 3.05) is 48.3 Å². The summed E-state index contributed by atoms with van der Waals surface area (Å²) in [5.41, 5.74) is 6.04. The molecular formula is C13H32N4. The lowest BCUT2D eigenvalue weighted by molar-refractivity contribution is 0.0980. The van der Waals surface area contributed by atoms with E-state index in [2.05, 4.69) is 57.2 Å². The van der Waals surface area contributed by atoms with Crippen LogP contribution in [0.1, 0.15) is 20.3 Å². The third-order valence-corrected chi connectivity index (χ3v) is 3.52. The summed E-state index contributed by atoms with van der Waals surface area (Å²) < 4.78 is 0. The maximum absolute atomic E-state index is 5.93. The Balaban J connectivity index is 4.75. The number of likely N-dealkylation sites (N-methyl/N-ethyl adjacent to an activating group) is 2. The molecule has 3 N–H and O–H groups in total. The van der Waals surface area contributed by atoms with Crippen molar-refractivity contribution in [1.82, 2.24) is 15.1 Å². The van der Waals surface area contributed by atoms with Crippen LogP contribution in [0.2, 0.25) is 0 Å². The Morgan fingerprint density at radius 1 is 1.18 bits per heavy atom. The molecule has 0 amide bonds. The molecule has 4 nitrogen and oxygen atoms in total. The second kappa shape index (κ2) is 7.31. The summed E-state index contributed by atoms with van der Waals surface area (Å²) in [6.45, 7) is 6.29. The Bertz CT molecular complexity index is 202. The molecular weight excluding hydrogens is 212 g/mol. The molecule has 0 fully saturated rings. The number of nitrogens with zero attached hydrogens (tertiary/aromatic N) is 2. The fraction of sp³-hybridized carbons (Fsp3) is 1.00. The molecule has 0 aliphatic heterocycles. The van der Waals surface area contributed by atoms with E-state index in [0.717, 1.165) is 13.0 Å². The minimum Gasteiger partial charge on any atom is -0.330 e. The Labute approximate surface area is 108 Å². The van der Waals surface area contributed by atoms with E-state index in [0.29, 0.717) is 18.6 Å². The summed E-state index contributed by atoms with van der Waals surface area (Å²) >= 11 is 0. The maximum Gasteiger partial charge on any atom is 0.0306 e. The normalized spacial score (nSPS) is 16.6. The summed E-state index contributed by atoms with van der Waals surface area (Å²) in [5.74, 6) is 0. The minimum atomic E-state index is 0.115. The molecule has 0 heterocycles. The molecule has 0 saturated heterocycles. The van der Waals surface area contributed by atoms with Crippen molar-refractivity contribution < 1.29 is 0 Å². The number of nitrogens with one attached hydrogen (secondary N) is 1. The Morgan fingerprint density at radius 2 is 1.71 bits per heavy atom. The average molecular weight is 244 g/mol. The lowest BCUT2D eigenvalue weighted by Crippen LogP contribution is -2.56. The number of rotatable bonds is 8. The molecule has 4 heteroatoms. The van der Waals surface area contributed by atoms with Gasteiger partial charge in [0, 0.05) is 12.1 Å². The highest BCUT2D eigenvalue weighted by molar-refractivity contribution is 4.93. The monoisotopic (exact) mass is 244 g/mol. The van der Waals surface area contributed by atoms with Crippen LogP contribution in [0, 0.1) is 5.41 Å². The van der Waals surface area contributed by atoms with Gasteiger partial charge in [0.2, 0.25) is 0 Å². The quantitative estimate of drug-likeness (QED) is 0.650. The van der Waals surface area contributed by atoms with Gasteiger partial charge in [-0.3, -0.25) is 0 Å². The fourth-order valence-electron chi connectivity index (χ4n) is 2.58. The number of nitrogens with two attached hydrogens (primary N) is 1. The molecule has 2 atom stereocenters.